The number of nitrogens with one attached hydrogen (secondary N) is 2. The molecule has 1 aromatic carbocycles. The van der Waals surface area contributed by atoms with Crippen molar-refractivity contribution in [1.29, 1.82) is 0 Å². The lowest BCUT2D eigenvalue weighted by Gasteiger charge is -2.25. The topological polar surface area (TPSA) is 87.4 Å². The highest BCUT2D eigenvalue weighted by Gasteiger charge is 2.23. The first kappa shape index (κ1) is 14.2. The Hall–Kier alpha value is -1.75. The van der Waals surface area contributed by atoms with Crippen LogP contribution in [0.1, 0.15) is 44.1 Å². The van der Waals surface area contributed by atoms with Crippen LogP contribution in [0.3, 0.4) is 0 Å². The fourth-order valence-corrected chi connectivity index (χ4v) is 3.23. The van der Waals surface area contributed by atoms with Gasteiger partial charge < -0.3 is 21.5 Å². The highest BCUT2D eigenvalue weighted by Crippen LogP contribution is 2.32. The Labute approximate surface area is 124 Å². The Morgan fingerprint density at radius 2 is 2.00 bits per heavy atom. The highest BCUT2D eigenvalue weighted by atomic mass is 16.3. The van der Waals surface area contributed by atoms with Crippen LogP contribution in [0.2, 0.25) is 0 Å². The minimum atomic E-state index is -0.336. The molecule has 0 spiro atoms. The molecule has 0 saturated heterocycles. The molecule has 2 unspecified atom stereocenters. The van der Waals surface area contributed by atoms with Crippen molar-refractivity contribution < 1.29 is 9.90 Å². The molecule has 1 heterocycles. The van der Waals surface area contributed by atoms with Gasteiger partial charge in [0, 0.05) is 12.1 Å². The molecular formula is C16H23N3O2. The monoisotopic (exact) mass is 289 g/mol. The molecule has 1 fully saturated rings. The van der Waals surface area contributed by atoms with Crippen LogP contribution in [0.15, 0.2) is 12.1 Å². The number of hydrogen-bond donors (Lipinski definition) is 4. The predicted molar refractivity (Wildman–Crippen MR) is 84.3 cm³/mol. The first-order chi connectivity index (χ1) is 10.1. The van der Waals surface area contributed by atoms with Crippen molar-refractivity contribution in [2.75, 3.05) is 16.4 Å². The van der Waals surface area contributed by atoms with Gasteiger partial charge in [0.05, 0.1) is 23.5 Å². The Morgan fingerprint density at radius 3 is 2.86 bits per heavy atom. The van der Waals surface area contributed by atoms with Crippen molar-refractivity contribution >= 4 is 23.0 Å². The number of aryl methyl sites for hydroxylation is 1. The molecule has 2 atom stereocenters. The van der Waals surface area contributed by atoms with Crippen LogP contribution >= 0.6 is 0 Å². The lowest BCUT2D eigenvalue weighted by Crippen LogP contribution is -2.33. The second-order valence-corrected chi connectivity index (χ2v) is 6.10. The molecule has 114 valence electrons. The quantitative estimate of drug-likeness (QED) is 0.497. The molecule has 1 aromatic rings. The van der Waals surface area contributed by atoms with E-state index in [1.807, 2.05) is 12.1 Å². The fraction of sp³-hybridized carbons (Fsp3) is 0.562. The van der Waals surface area contributed by atoms with Crippen LogP contribution in [0, 0.1) is 0 Å². The van der Waals surface area contributed by atoms with Crippen LogP contribution < -0.4 is 16.4 Å². The summed E-state index contributed by atoms with van der Waals surface area (Å²) in [6.07, 6.45) is 6.07. The van der Waals surface area contributed by atoms with Gasteiger partial charge in [-0.05, 0) is 37.0 Å². The average molecular weight is 289 g/mol. The van der Waals surface area contributed by atoms with E-state index in [2.05, 4.69) is 10.6 Å². The number of fused-ring (bicyclic) bond motifs is 1. The van der Waals surface area contributed by atoms with Gasteiger partial charge in [-0.3, -0.25) is 4.79 Å². The molecule has 21 heavy (non-hydrogen) atoms. The van der Waals surface area contributed by atoms with Gasteiger partial charge in [-0.15, -0.1) is 0 Å². The predicted octanol–water partition coefficient (Wildman–Crippen LogP) is 2.26. The Morgan fingerprint density at radius 1 is 1.19 bits per heavy atom. The standard InChI is InChI=1S/C16H23N3O2/c17-11-8-10-6-7-16(21)19-13(10)9-14(11)18-12-4-2-1-3-5-15(12)20/h8-9,12,15,18,20H,1-7,17H2,(H,19,21). The molecule has 1 aliphatic heterocycles. The summed E-state index contributed by atoms with van der Waals surface area (Å²) in [5, 5.41) is 16.5. The molecular weight excluding hydrogens is 266 g/mol. The van der Waals surface area contributed by atoms with Gasteiger partial charge in [0.15, 0.2) is 0 Å². The summed E-state index contributed by atoms with van der Waals surface area (Å²) in [4.78, 5) is 11.5. The summed E-state index contributed by atoms with van der Waals surface area (Å²) < 4.78 is 0. The SMILES string of the molecule is Nc1cc2c(cc1NC1CCCCCC1O)NC(=O)CC2. The highest BCUT2D eigenvalue weighted by molar-refractivity contribution is 5.95. The largest absolute Gasteiger partial charge is 0.397 e. The second-order valence-electron chi connectivity index (χ2n) is 6.10. The third kappa shape index (κ3) is 3.13. The molecule has 1 amide bonds. The summed E-state index contributed by atoms with van der Waals surface area (Å²) in [5.41, 5.74) is 9.53. The van der Waals surface area contributed by atoms with E-state index in [0.717, 1.165) is 49.0 Å². The van der Waals surface area contributed by atoms with E-state index in [1.165, 1.54) is 6.42 Å². The van der Waals surface area contributed by atoms with E-state index in [0.29, 0.717) is 12.1 Å². The van der Waals surface area contributed by atoms with E-state index in [1.54, 1.807) is 0 Å². The molecule has 5 heteroatoms. The van der Waals surface area contributed by atoms with Crippen LogP contribution in [0.5, 0.6) is 0 Å². The van der Waals surface area contributed by atoms with Gasteiger partial charge in [0.25, 0.3) is 0 Å². The Kier molecular flexibility index (Phi) is 4.01. The van der Waals surface area contributed by atoms with Crippen molar-refractivity contribution in [2.24, 2.45) is 0 Å². The maximum atomic E-state index is 11.5. The maximum Gasteiger partial charge on any atom is 0.224 e. The van der Waals surface area contributed by atoms with Crippen molar-refractivity contribution in [3.63, 3.8) is 0 Å². The molecule has 0 bridgehead atoms. The number of amides is 1. The minimum Gasteiger partial charge on any atom is -0.397 e. The minimum absolute atomic E-state index is 0.0344. The van der Waals surface area contributed by atoms with Gasteiger partial charge in [-0.25, -0.2) is 0 Å². The third-order valence-electron chi connectivity index (χ3n) is 4.49. The first-order valence-electron chi connectivity index (χ1n) is 7.80. The van der Waals surface area contributed by atoms with Crippen molar-refractivity contribution in [1.82, 2.24) is 0 Å². The zero-order valence-electron chi connectivity index (χ0n) is 12.2. The maximum absolute atomic E-state index is 11.5. The molecule has 5 N–H and O–H groups in total. The summed E-state index contributed by atoms with van der Waals surface area (Å²) in [6, 6.07) is 3.87. The van der Waals surface area contributed by atoms with Crippen molar-refractivity contribution in [3.05, 3.63) is 17.7 Å². The lowest BCUT2D eigenvalue weighted by molar-refractivity contribution is -0.116. The van der Waals surface area contributed by atoms with Gasteiger partial charge in [-0.1, -0.05) is 19.3 Å². The van der Waals surface area contributed by atoms with E-state index in [4.69, 9.17) is 5.73 Å². The number of aliphatic hydroxyl groups is 1. The molecule has 0 radical (unpaired) electrons. The summed E-state index contributed by atoms with van der Waals surface area (Å²) in [6.45, 7) is 0. The second kappa shape index (κ2) is 5.93. The average Bonchev–Trinajstić information content (AvgIpc) is 2.65. The third-order valence-corrected chi connectivity index (χ3v) is 4.49. The number of benzene rings is 1. The van der Waals surface area contributed by atoms with E-state index in [-0.39, 0.29) is 18.1 Å². The van der Waals surface area contributed by atoms with Crippen LogP contribution in [-0.2, 0) is 11.2 Å². The summed E-state index contributed by atoms with van der Waals surface area (Å²) in [5.74, 6) is 0.0488. The van der Waals surface area contributed by atoms with Gasteiger partial charge >= 0.3 is 0 Å². The fourth-order valence-electron chi connectivity index (χ4n) is 3.23. The number of hydrogen-bond acceptors (Lipinski definition) is 4. The first-order valence-corrected chi connectivity index (χ1v) is 7.80. The number of carbonyl (C=O) groups excluding carboxylic acids is 1. The number of rotatable bonds is 2. The molecule has 2 aliphatic rings. The van der Waals surface area contributed by atoms with Crippen LogP contribution in [0.25, 0.3) is 0 Å². The normalized spacial score (nSPS) is 25.7. The lowest BCUT2D eigenvalue weighted by atomic mass is 10.00. The Bertz CT molecular complexity index is 545. The van der Waals surface area contributed by atoms with Crippen LogP contribution in [-0.4, -0.2) is 23.2 Å². The number of carbonyl (C=O) groups is 1. The van der Waals surface area contributed by atoms with E-state index in [9.17, 15) is 9.90 Å². The summed E-state index contributed by atoms with van der Waals surface area (Å²) >= 11 is 0. The van der Waals surface area contributed by atoms with Crippen molar-refractivity contribution in [2.45, 2.75) is 57.1 Å². The number of aliphatic hydroxyl groups excluding tert-OH is 1. The van der Waals surface area contributed by atoms with Crippen LogP contribution in [0.4, 0.5) is 17.1 Å². The zero-order chi connectivity index (χ0) is 14.8. The molecule has 0 aromatic heterocycles. The van der Waals surface area contributed by atoms with Gasteiger partial charge in [-0.2, -0.15) is 0 Å². The number of nitrogens with two attached hydrogens (primary N) is 1. The molecule has 1 aliphatic carbocycles. The van der Waals surface area contributed by atoms with Gasteiger partial charge in [0.1, 0.15) is 0 Å². The van der Waals surface area contributed by atoms with Crippen molar-refractivity contribution in [3.8, 4) is 0 Å². The summed E-state index contributed by atoms with van der Waals surface area (Å²) in [7, 11) is 0. The number of anilines is 3. The zero-order valence-corrected chi connectivity index (χ0v) is 12.2. The van der Waals surface area contributed by atoms with Gasteiger partial charge in [0.2, 0.25) is 5.91 Å². The van der Waals surface area contributed by atoms with E-state index < -0.39 is 0 Å². The molecule has 3 rings (SSSR count). The van der Waals surface area contributed by atoms with E-state index >= 15 is 0 Å². The molecule has 1 saturated carbocycles. The smallest absolute Gasteiger partial charge is 0.224 e. The number of nitrogen functional groups attached to an aromatic ring is 1. The Balaban J connectivity index is 1.81. The molecule has 5 nitrogen and oxygen atoms in total.